The van der Waals surface area contributed by atoms with Crippen LogP contribution in [0.15, 0.2) is 34.8 Å². The van der Waals surface area contributed by atoms with Gasteiger partial charge in [-0.25, -0.2) is 14.2 Å². The lowest BCUT2D eigenvalue weighted by Gasteiger charge is -2.08. The van der Waals surface area contributed by atoms with E-state index in [1.807, 2.05) is 0 Å². The highest BCUT2D eigenvalue weighted by molar-refractivity contribution is 9.10. The Labute approximate surface area is 117 Å². The van der Waals surface area contributed by atoms with Crippen LogP contribution in [0.4, 0.5) is 15.9 Å². The fraction of sp³-hybridized carbons (Fsp3) is 0.0769. The van der Waals surface area contributed by atoms with E-state index in [2.05, 4.69) is 26.2 Å². The average Bonchev–Trinajstić information content (AvgIpc) is 2.32. The number of hydrogen-bond donors (Lipinski definition) is 2. The molecule has 0 saturated carbocycles. The Bertz CT molecular complexity index is 647. The number of nitrogens with zero attached hydrogens (tertiary/aromatic N) is 1. The van der Waals surface area contributed by atoms with Crippen molar-refractivity contribution >= 4 is 33.4 Å². The summed E-state index contributed by atoms with van der Waals surface area (Å²) < 4.78 is 14.3. The zero-order valence-electron chi connectivity index (χ0n) is 9.95. The number of pyridine rings is 1. The molecule has 6 heteroatoms. The van der Waals surface area contributed by atoms with Crippen molar-refractivity contribution < 1.29 is 14.3 Å². The first-order valence-electron chi connectivity index (χ1n) is 5.40. The topological polar surface area (TPSA) is 62.2 Å². The molecule has 19 heavy (non-hydrogen) atoms. The largest absolute Gasteiger partial charge is 0.478 e. The molecule has 1 heterocycles. The van der Waals surface area contributed by atoms with Gasteiger partial charge in [0.25, 0.3) is 0 Å². The molecule has 1 aromatic carbocycles. The third kappa shape index (κ3) is 3.08. The maximum absolute atomic E-state index is 13.6. The van der Waals surface area contributed by atoms with Crippen molar-refractivity contribution in [3.63, 3.8) is 0 Å². The van der Waals surface area contributed by atoms with Crippen LogP contribution in [0.25, 0.3) is 0 Å². The molecule has 0 radical (unpaired) electrons. The molecule has 0 atom stereocenters. The Morgan fingerprint density at radius 1 is 1.37 bits per heavy atom. The first-order chi connectivity index (χ1) is 8.97. The minimum Gasteiger partial charge on any atom is -0.478 e. The molecule has 2 aromatic rings. The summed E-state index contributed by atoms with van der Waals surface area (Å²) in [4.78, 5) is 14.9. The number of nitrogens with one attached hydrogen (secondary N) is 1. The number of carboxylic acid groups (broad SMARTS) is 1. The first kappa shape index (κ1) is 13.5. The predicted octanol–water partition coefficient (Wildman–Crippen LogP) is 3.73. The van der Waals surface area contributed by atoms with Gasteiger partial charge in [-0.05, 0) is 37.3 Å². The Morgan fingerprint density at radius 2 is 2.11 bits per heavy atom. The lowest BCUT2D eigenvalue weighted by molar-refractivity contribution is 0.0695. The second-order valence-electron chi connectivity index (χ2n) is 3.88. The lowest BCUT2D eigenvalue weighted by atomic mass is 10.2. The molecule has 0 unspecified atom stereocenters. The minimum absolute atomic E-state index is 0.127. The quantitative estimate of drug-likeness (QED) is 0.902. The van der Waals surface area contributed by atoms with E-state index >= 15 is 0 Å². The van der Waals surface area contributed by atoms with Crippen LogP contribution in [-0.4, -0.2) is 16.1 Å². The second kappa shape index (κ2) is 5.36. The van der Waals surface area contributed by atoms with Crippen molar-refractivity contribution in [2.24, 2.45) is 0 Å². The summed E-state index contributed by atoms with van der Waals surface area (Å²) >= 11 is 3.17. The normalized spacial score (nSPS) is 10.3. The summed E-state index contributed by atoms with van der Waals surface area (Å²) in [7, 11) is 0. The Hall–Kier alpha value is -1.95. The minimum atomic E-state index is -1.04. The maximum Gasteiger partial charge on any atom is 0.337 e. The number of aromatic carboxylic acids is 1. The smallest absolute Gasteiger partial charge is 0.337 e. The van der Waals surface area contributed by atoms with Gasteiger partial charge in [0, 0.05) is 4.47 Å². The molecule has 0 fully saturated rings. The molecule has 2 rings (SSSR count). The van der Waals surface area contributed by atoms with Gasteiger partial charge >= 0.3 is 5.97 Å². The summed E-state index contributed by atoms with van der Waals surface area (Å²) in [6, 6.07) is 7.54. The SMILES string of the molecule is Cc1nc(Nc2ccc(Br)cc2F)ccc1C(=O)O. The zero-order chi connectivity index (χ0) is 14.0. The van der Waals surface area contributed by atoms with E-state index in [0.29, 0.717) is 16.0 Å². The molecule has 0 aliphatic rings. The number of benzene rings is 1. The summed E-state index contributed by atoms with van der Waals surface area (Å²) in [5.41, 5.74) is 0.773. The van der Waals surface area contributed by atoms with Crippen LogP contribution in [0, 0.1) is 12.7 Å². The van der Waals surface area contributed by atoms with Crippen LogP contribution in [0.2, 0.25) is 0 Å². The third-order valence-electron chi connectivity index (χ3n) is 2.51. The van der Waals surface area contributed by atoms with Crippen LogP contribution < -0.4 is 5.32 Å². The Morgan fingerprint density at radius 3 is 2.68 bits per heavy atom. The van der Waals surface area contributed by atoms with Crippen LogP contribution in [-0.2, 0) is 0 Å². The Kier molecular flexibility index (Phi) is 3.80. The van der Waals surface area contributed by atoms with Gasteiger partial charge in [0.15, 0.2) is 0 Å². The second-order valence-corrected chi connectivity index (χ2v) is 4.80. The number of halogens is 2. The number of hydrogen-bond acceptors (Lipinski definition) is 3. The summed E-state index contributed by atoms with van der Waals surface area (Å²) in [5, 5.41) is 11.7. The van der Waals surface area contributed by atoms with Crippen molar-refractivity contribution in [2.45, 2.75) is 6.92 Å². The summed E-state index contributed by atoms with van der Waals surface area (Å²) in [6.45, 7) is 1.59. The van der Waals surface area contributed by atoms with E-state index in [0.717, 1.165) is 0 Å². The molecule has 2 N–H and O–H groups in total. The lowest BCUT2D eigenvalue weighted by Crippen LogP contribution is -2.04. The van der Waals surface area contributed by atoms with Crippen LogP contribution in [0.3, 0.4) is 0 Å². The van der Waals surface area contributed by atoms with Crippen LogP contribution in [0.1, 0.15) is 16.1 Å². The van der Waals surface area contributed by atoms with Crippen molar-refractivity contribution in [3.8, 4) is 0 Å². The molecule has 0 spiro atoms. The van der Waals surface area contributed by atoms with Gasteiger partial charge in [-0.3, -0.25) is 0 Å². The van der Waals surface area contributed by atoms with Gasteiger partial charge < -0.3 is 10.4 Å². The van der Waals surface area contributed by atoms with Gasteiger partial charge in [0.2, 0.25) is 0 Å². The number of carbonyl (C=O) groups is 1. The molecule has 0 saturated heterocycles. The molecule has 0 amide bonds. The fourth-order valence-electron chi connectivity index (χ4n) is 1.59. The van der Waals surface area contributed by atoms with Crippen molar-refractivity contribution in [3.05, 3.63) is 51.9 Å². The highest BCUT2D eigenvalue weighted by atomic mass is 79.9. The van der Waals surface area contributed by atoms with Gasteiger partial charge in [-0.2, -0.15) is 0 Å². The number of rotatable bonds is 3. The molecular formula is C13H10BrFN2O2. The van der Waals surface area contributed by atoms with E-state index in [1.165, 1.54) is 18.2 Å². The fourth-order valence-corrected chi connectivity index (χ4v) is 1.92. The molecule has 0 aliphatic heterocycles. The average molecular weight is 325 g/mol. The van der Waals surface area contributed by atoms with Gasteiger partial charge in [-0.15, -0.1) is 0 Å². The van der Waals surface area contributed by atoms with Crippen molar-refractivity contribution in [1.29, 1.82) is 0 Å². The monoisotopic (exact) mass is 324 g/mol. The predicted molar refractivity (Wildman–Crippen MR) is 73.3 cm³/mol. The highest BCUT2D eigenvalue weighted by Crippen LogP contribution is 2.22. The number of aromatic nitrogens is 1. The van der Waals surface area contributed by atoms with E-state index in [-0.39, 0.29) is 11.3 Å². The summed E-state index contributed by atoms with van der Waals surface area (Å²) in [5.74, 6) is -1.06. The van der Waals surface area contributed by atoms with Crippen LogP contribution in [0.5, 0.6) is 0 Å². The van der Waals surface area contributed by atoms with Crippen molar-refractivity contribution in [2.75, 3.05) is 5.32 Å². The molecule has 98 valence electrons. The Balaban J connectivity index is 2.29. The van der Waals surface area contributed by atoms with Gasteiger partial charge in [0.05, 0.1) is 16.9 Å². The number of carboxylic acids is 1. The third-order valence-corrected chi connectivity index (χ3v) is 3.00. The van der Waals surface area contributed by atoms with E-state index < -0.39 is 11.8 Å². The van der Waals surface area contributed by atoms with Crippen LogP contribution >= 0.6 is 15.9 Å². The molecule has 1 aromatic heterocycles. The number of aryl methyl sites for hydroxylation is 1. The number of anilines is 2. The van der Waals surface area contributed by atoms with E-state index in [4.69, 9.17) is 5.11 Å². The van der Waals surface area contributed by atoms with E-state index in [1.54, 1.807) is 19.1 Å². The van der Waals surface area contributed by atoms with E-state index in [9.17, 15) is 9.18 Å². The first-order valence-corrected chi connectivity index (χ1v) is 6.19. The maximum atomic E-state index is 13.6. The van der Waals surface area contributed by atoms with Gasteiger partial charge in [0.1, 0.15) is 11.6 Å². The molecule has 4 nitrogen and oxygen atoms in total. The summed E-state index contributed by atoms with van der Waals surface area (Å²) in [6.07, 6.45) is 0. The highest BCUT2D eigenvalue weighted by Gasteiger charge is 2.09. The molecule has 0 bridgehead atoms. The van der Waals surface area contributed by atoms with Gasteiger partial charge in [-0.1, -0.05) is 15.9 Å². The molecule has 0 aliphatic carbocycles. The van der Waals surface area contributed by atoms with Crippen molar-refractivity contribution in [1.82, 2.24) is 4.98 Å². The molecular weight excluding hydrogens is 315 g/mol. The standard InChI is InChI=1S/C13H10BrFN2O2/c1-7-9(13(18)19)3-5-12(16-7)17-11-4-2-8(14)6-10(11)15/h2-6H,1H3,(H,16,17)(H,18,19). The zero-order valence-corrected chi connectivity index (χ0v) is 11.5.